The van der Waals surface area contributed by atoms with Gasteiger partial charge in [-0.3, -0.25) is 4.21 Å². The number of aromatic nitrogens is 1. The fourth-order valence-corrected chi connectivity index (χ4v) is 6.05. The van der Waals surface area contributed by atoms with Crippen molar-refractivity contribution in [3.63, 3.8) is 0 Å². The van der Waals surface area contributed by atoms with Crippen molar-refractivity contribution in [1.82, 2.24) is 15.2 Å². The highest BCUT2D eigenvalue weighted by molar-refractivity contribution is 7.89. The number of nitrogens with zero attached hydrogens (tertiary/aromatic N) is 3. The lowest BCUT2D eigenvalue weighted by atomic mass is 10.0. The molecule has 0 aromatic carbocycles. The average molecular weight is 446 g/mol. The molecule has 3 heterocycles. The first kappa shape index (κ1) is 20.8. The average Bonchev–Trinajstić information content (AvgIpc) is 3.13. The molecule has 0 amide bonds. The second-order valence-electron chi connectivity index (χ2n) is 9.15. The minimum absolute atomic E-state index is 0.0477. The highest BCUT2D eigenvalue weighted by Crippen LogP contribution is 2.38. The number of oxazole rings is 1. The van der Waals surface area contributed by atoms with Crippen molar-refractivity contribution >= 4 is 16.8 Å². The standard InChI is InChI=1S/C22H31N5O3S/c1-14(26-22(13-28)8-9-22)19-17(7-11-31(19)29)25-21(23)27-10-6-15(12-27)20-24-16-4-2-3-5-18(16)30-20/h15,26,28H,1-13H2,(H2,23,25). The molecule has 0 bridgehead atoms. The lowest BCUT2D eigenvalue weighted by Crippen LogP contribution is -2.36. The topological polar surface area (TPSA) is 117 Å². The molecule has 1 saturated carbocycles. The fourth-order valence-electron chi connectivity index (χ4n) is 4.73. The zero-order valence-electron chi connectivity index (χ0n) is 17.9. The number of aliphatic imine (C=N–C) groups is 1. The van der Waals surface area contributed by atoms with Crippen LogP contribution >= 0.6 is 0 Å². The maximum Gasteiger partial charge on any atom is 0.199 e. The van der Waals surface area contributed by atoms with Gasteiger partial charge < -0.3 is 25.5 Å². The van der Waals surface area contributed by atoms with E-state index >= 15 is 0 Å². The quantitative estimate of drug-likeness (QED) is 0.450. The molecule has 5 rings (SSSR count). The van der Waals surface area contributed by atoms with Crippen molar-refractivity contribution in [3.05, 3.63) is 40.2 Å². The second kappa shape index (κ2) is 8.09. The predicted octanol–water partition coefficient (Wildman–Crippen LogP) is 1.65. The van der Waals surface area contributed by atoms with Gasteiger partial charge in [-0.15, -0.1) is 0 Å². The number of rotatable bonds is 6. The Bertz CT molecular complexity index is 954. The van der Waals surface area contributed by atoms with Crippen LogP contribution in [0, 0.1) is 0 Å². The van der Waals surface area contributed by atoms with Crippen molar-refractivity contribution in [2.45, 2.75) is 62.8 Å². The summed E-state index contributed by atoms with van der Waals surface area (Å²) < 4.78 is 18.7. The third-order valence-electron chi connectivity index (χ3n) is 6.83. The monoisotopic (exact) mass is 445 g/mol. The zero-order chi connectivity index (χ0) is 21.6. The molecule has 2 aliphatic carbocycles. The van der Waals surface area contributed by atoms with Gasteiger partial charge in [0.15, 0.2) is 11.9 Å². The molecule has 1 aromatic rings. The molecule has 2 aliphatic heterocycles. The third-order valence-corrected chi connectivity index (χ3v) is 8.35. The van der Waals surface area contributed by atoms with Gasteiger partial charge in [-0.1, -0.05) is 6.58 Å². The number of aliphatic hydroxyl groups is 1. The van der Waals surface area contributed by atoms with Crippen LogP contribution in [0.4, 0.5) is 0 Å². The van der Waals surface area contributed by atoms with Crippen molar-refractivity contribution in [2.75, 3.05) is 25.4 Å². The van der Waals surface area contributed by atoms with E-state index in [0.29, 0.717) is 28.7 Å². The van der Waals surface area contributed by atoms with Gasteiger partial charge in [-0.05, 0) is 38.5 Å². The number of likely N-dealkylation sites (tertiary alicyclic amines) is 1. The van der Waals surface area contributed by atoms with Gasteiger partial charge in [-0.25, -0.2) is 9.98 Å². The van der Waals surface area contributed by atoms with Crippen molar-refractivity contribution < 1.29 is 13.7 Å². The highest BCUT2D eigenvalue weighted by Gasteiger charge is 2.43. The van der Waals surface area contributed by atoms with Crippen LogP contribution in [-0.4, -0.2) is 56.1 Å². The first-order chi connectivity index (χ1) is 15.0. The smallest absolute Gasteiger partial charge is 0.199 e. The van der Waals surface area contributed by atoms with E-state index in [1.165, 1.54) is 12.8 Å². The molecule has 8 nitrogen and oxygen atoms in total. The highest BCUT2D eigenvalue weighted by atomic mass is 32.2. The number of nitrogens with one attached hydrogen (secondary N) is 1. The number of aryl methyl sites for hydroxylation is 2. The summed E-state index contributed by atoms with van der Waals surface area (Å²) in [6.07, 6.45) is 7.70. The third kappa shape index (κ3) is 4.05. The van der Waals surface area contributed by atoms with E-state index in [9.17, 15) is 9.32 Å². The maximum atomic E-state index is 12.6. The van der Waals surface area contributed by atoms with Gasteiger partial charge in [0.2, 0.25) is 0 Å². The van der Waals surface area contributed by atoms with Crippen molar-refractivity contribution in [3.8, 4) is 0 Å². The van der Waals surface area contributed by atoms with Crippen LogP contribution in [0.2, 0.25) is 0 Å². The summed E-state index contributed by atoms with van der Waals surface area (Å²) in [5.41, 5.74) is 8.52. The molecule has 31 heavy (non-hydrogen) atoms. The van der Waals surface area contributed by atoms with Gasteiger partial charge in [0.05, 0.1) is 45.2 Å². The Labute approximate surface area is 185 Å². The normalized spacial score (nSPS) is 27.5. The van der Waals surface area contributed by atoms with E-state index in [1.54, 1.807) is 0 Å². The molecule has 2 unspecified atom stereocenters. The fraction of sp³-hybridized carbons (Fsp3) is 0.636. The van der Waals surface area contributed by atoms with Crippen LogP contribution in [-0.2, 0) is 23.6 Å². The Morgan fingerprint density at radius 2 is 2.19 bits per heavy atom. The molecule has 9 heteroatoms. The van der Waals surface area contributed by atoms with E-state index in [4.69, 9.17) is 15.1 Å². The first-order valence-electron chi connectivity index (χ1n) is 11.3. The van der Waals surface area contributed by atoms with Crippen LogP contribution in [0.1, 0.15) is 61.8 Å². The Balaban J connectivity index is 1.29. The number of aliphatic hydroxyl groups excluding tert-OH is 1. The SMILES string of the molecule is C=C(NC1(CO)CC1)C1=C(N=C(N)N2CCC(c3nc4c(o3)CCCC4)C2)CCS1=O. The molecule has 2 fully saturated rings. The summed E-state index contributed by atoms with van der Waals surface area (Å²) in [5.74, 6) is 3.09. The van der Waals surface area contributed by atoms with Crippen LogP contribution in [0.15, 0.2) is 32.3 Å². The molecule has 1 saturated heterocycles. The number of hydrogen-bond donors (Lipinski definition) is 3. The lowest BCUT2D eigenvalue weighted by molar-refractivity contribution is 0.239. The molecule has 1 aromatic heterocycles. The summed E-state index contributed by atoms with van der Waals surface area (Å²) in [4.78, 5) is 12.1. The van der Waals surface area contributed by atoms with E-state index in [1.807, 2.05) is 0 Å². The summed E-state index contributed by atoms with van der Waals surface area (Å²) in [6, 6.07) is 0. The minimum Gasteiger partial charge on any atom is -0.445 e. The summed E-state index contributed by atoms with van der Waals surface area (Å²) in [5, 5.41) is 12.9. The number of nitrogens with two attached hydrogens (primary N) is 1. The molecule has 0 radical (unpaired) electrons. The van der Waals surface area contributed by atoms with Gasteiger partial charge in [0, 0.05) is 37.4 Å². The Morgan fingerprint density at radius 3 is 2.94 bits per heavy atom. The zero-order valence-corrected chi connectivity index (χ0v) is 18.7. The number of guanidine groups is 1. The molecule has 4 N–H and O–H groups in total. The second-order valence-corrected chi connectivity index (χ2v) is 10.7. The van der Waals surface area contributed by atoms with Crippen LogP contribution in [0.3, 0.4) is 0 Å². The van der Waals surface area contributed by atoms with Crippen molar-refractivity contribution in [1.29, 1.82) is 0 Å². The van der Waals surface area contributed by atoms with E-state index in [2.05, 4.69) is 21.8 Å². The van der Waals surface area contributed by atoms with Gasteiger partial charge >= 0.3 is 0 Å². The number of fused-ring (bicyclic) bond motifs is 1. The van der Waals surface area contributed by atoms with Gasteiger partial charge in [0.1, 0.15) is 5.76 Å². The van der Waals surface area contributed by atoms with E-state index in [-0.39, 0.29) is 18.1 Å². The first-order valence-corrected chi connectivity index (χ1v) is 12.6. The predicted molar refractivity (Wildman–Crippen MR) is 120 cm³/mol. The molecule has 168 valence electrons. The molecular formula is C22H31N5O3S. The molecule has 4 aliphatic rings. The summed E-state index contributed by atoms with van der Waals surface area (Å²) in [6.45, 7) is 5.66. The van der Waals surface area contributed by atoms with Crippen molar-refractivity contribution in [2.24, 2.45) is 10.7 Å². The van der Waals surface area contributed by atoms with Gasteiger partial charge in [-0.2, -0.15) is 0 Å². The molecule has 2 atom stereocenters. The summed E-state index contributed by atoms with van der Waals surface area (Å²) >= 11 is 0. The molecular weight excluding hydrogens is 414 g/mol. The van der Waals surface area contributed by atoms with E-state index in [0.717, 1.165) is 68.2 Å². The Kier molecular flexibility index (Phi) is 5.42. The Morgan fingerprint density at radius 1 is 1.39 bits per heavy atom. The molecule has 0 spiro atoms. The van der Waals surface area contributed by atoms with Crippen LogP contribution in [0.5, 0.6) is 0 Å². The largest absolute Gasteiger partial charge is 0.445 e. The number of allylic oxidation sites excluding steroid dienone is 1. The van der Waals surface area contributed by atoms with Gasteiger partial charge in [0.25, 0.3) is 0 Å². The van der Waals surface area contributed by atoms with Crippen LogP contribution < -0.4 is 11.1 Å². The summed E-state index contributed by atoms with van der Waals surface area (Å²) in [7, 11) is -1.15. The lowest BCUT2D eigenvalue weighted by Gasteiger charge is -2.19. The minimum atomic E-state index is -1.15. The maximum absolute atomic E-state index is 12.6. The Hall–Kier alpha value is -2.13. The van der Waals surface area contributed by atoms with Crippen LogP contribution in [0.25, 0.3) is 0 Å². The van der Waals surface area contributed by atoms with E-state index < -0.39 is 10.8 Å². The number of hydrogen-bond acceptors (Lipinski definition) is 6.